The molecule has 2 aromatic rings. The van der Waals surface area contributed by atoms with Crippen molar-refractivity contribution in [3.63, 3.8) is 0 Å². The second-order valence-corrected chi connectivity index (χ2v) is 12.7. The molecule has 216 valence electrons. The number of halogens is 1. The third kappa shape index (κ3) is 7.20. The molecule has 0 aromatic heterocycles. The molecule has 0 heterocycles. The van der Waals surface area contributed by atoms with Crippen LogP contribution in [0.25, 0.3) is 0 Å². The Balaban J connectivity index is 0.00000370. The van der Waals surface area contributed by atoms with Gasteiger partial charge in [-0.05, 0) is 66.9 Å². The minimum atomic E-state index is -0.755. The van der Waals surface area contributed by atoms with Crippen molar-refractivity contribution in [2.45, 2.75) is 62.4 Å². The van der Waals surface area contributed by atoms with Crippen LogP contribution in [0.3, 0.4) is 0 Å². The van der Waals surface area contributed by atoms with E-state index in [-0.39, 0.29) is 36.8 Å². The van der Waals surface area contributed by atoms with Crippen LogP contribution in [0.5, 0.6) is 0 Å². The standard InChI is InChI=1S/C31H40N4O3S.ClH/c32-26(19-39-18-21-9-5-2-6-10-21)31(38)34-17-28(36)35(27(30(33)37)16-20-7-3-1-4-8-20)29-24-12-22-11-23(14-24)15-25(29)13-22;/h1-10,22-27,29H,11-19,32H2,(H2,33,37)(H,34,38);1H/t22?,23?,24?,25?,26-,27+,29?;/m1./s1. The fourth-order valence-electron chi connectivity index (χ4n) is 7.41. The Morgan fingerprint density at radius 1 is 0.875 bits per heavy atom. The van der Waals surface area contributed by atoms with Crippen molar-refractivity contribution in [1.29, 1.82) is 0 Å². The number of primary amides is 1. The largest absolute Gasteiger partial charge is 0.368 e. The summed E-state index contributed by atoms with van der Waals surface area (Å²) in [5.74, 6) is 2.34. The zero-order valence-corrected chi connectivity index (χ0v) is 24.5. The Bertz CT molecular complexity index is 1120. The molecule has 40 heavy (non-hydrogen) atoms. The van der Waals surface area contributed by atoms with Crippen molar-refractivity contribution < 1.29 is 14.4 Å². The van der Waals surface area contributed by atoms with E-state index in [1.807, 2.05) is 60.7 Å². The molecule has 0 aliphatic heterocycles. The van der Waals surface area contributed by atoms with E-state index < -0.39 is 18.0 Å². The van der Waals surface area contributed by atoms with E-state index >= 15 is 0 Å². The van der Waals surface area contributed by atoms with Crippen molar-refractivity contribution in [2.24, 2.45) is 35.1 Å². The smallest absolute Gasteiger partial charge is 0.242 e. The van der Waals surface area contributed by atoms with E-state index in [0.29, 0.717) is 24.0 Å². The van der Waals surface area contributed by atoms with E-state index in [0.717, 1.165) is 48.8 Å². The van der Waals surface area contributed by atoms with Crippen LogP contribution in [0.2, 0.25) is 0 Å². The highest BCUT2D eigenvalue weighted by Gasteiger charge is 2.52. The number of carbonyl (C=O) groups is 3. The summed E-state index contributed by atoms with van der Waals surface area (Å²) in [5.41, 5.74) is 14.3. The van der Waals surface area contributed by atoms with Crippen LogP contribution in [0, 0.1) is 23.7 Å². The van der Waals surface area contributed by atoms with Crippen LogP contribution in [0.1, 0.15) is 43.2 Å². The molecule has 5 N–H and O–H groups in total. The molecule has 9 heteroatoms. The van der Waals surface area contributed by atoms with E-state index in [1.165, 1.54) is 12.0 Å². The summed E-state index contributed by atoms with van der Waals surface area (Å²) < 4.78 is 0. The first-order valence-electron chi connectivity index (χ1n) is 14.2. The number of hydrogen-bond donors (Lipinski definition) is 3. The molecule has 4 aliphatic carbocycles. The fraction of sp³-hybridized carbons (Fsp3) is 0.516. The van der Waals surface area contributed by atoms with Crippen molar-refractivity contribution in [2.75, 3.05) is 12.3 Å². The molecule has 0 radical (unpaired) electrons. The third-order valence-corrected chi connectivity index (χ3v) is 10.0. The topological polar surface area (TPSA) is 119 Å². The second kappa shape index (κ2) is 13.9. The van der Waals surface area contributed by atoms with Crippen LogP contribution >= 0.6 is 24.2 Å². The van der Waals surface area contributed by atoms with Gasteiger partial charge in [-0.3, -0.25) is 14.4 Å². The maximum atomic E-state index is 13.9. The molecule has 3 amide bonds. The molecule has 4 fully saturated rings. The molecule has 2 aromatic carbocycles. The summed E-state index contributed by atoms with van der Waals surface area (Å²) in [6, 6.07) is 18.2. The van der Waals surface area contributed by atoms with Gasteiger partial charge in [-0.2, -0.15) is 11.8 Å². The number of benzene rings is 2. The number of nitrogens with zero attached hydrogens (tertiary/aromatic N) is 1. The van der Waals surface area contributed by atoms with Crippen LogP contribution < -0.4 is 16.8 Å². The molecule has 0 saturated heterocycles. The predicted octanol–water partition coefficient (Wildman–Crippen LogP) is 3.54. The van der Waals surface area contributed by atoms with Crippen molar-refractivity contribution in [3.8, 4) is 0 Å². The lowest BCUT2D eigenvalue weighted by molar-refractivity contribution is -0.153. The number of carbonyl (C=O) groups excluding carboxylic acids is 3. The Hall–Kier alpha value is -2.55. The minimum Gasteiger partial charge on any atom is -0.368 e. The van der Waals surface area contributed by atoms with Crippen LogP contribution in [-0.4, -0.2) is 53.0 Å². The van der Waals surface area contributed by atoms with E-state index in [1.54, 1.807) is 16.7 Å². The number of nitrogens with two attached hydrogens (primary N) is 2. The van der Waals surface area contributed by atoms with E-state index in [2.05, 4.69) is 5.32 Å². The van der Waals surface area contributed by atoms with E-state index in [9.17, 15) is 14.4 Å². The Kier molecular flexibility index (Phi) is 10.6. The Morgan fingerprint density at radius 2 is 1.43 bits per heavy atom. The lowest BCUT2D eigenvalue weighted by Crippen LogP contribution is -2.64. The summed E-state index contributed by atoms with van der Waals surface area (Å²) >= 11 is 1.59. The number of nitrogens with one attached hydrogen (secondary N) is 1. The van der Waals surface area contributed by atoms with Gasteiger partial charge in [0.2, 0.25) is 17.7 Å². The van der Waals surface area contributed by atoms with Gasteiger partial charge in [0.05, 0.1) is 12.6 Å². The molecule has 0 unspecified atom stereocenters. The highest BCUT2D eigenvalue weighted by molar-refractivity contribution is 7.98. The molecule has 4 aliphatic rings. The minimum absolute atomic E-state index is 0. The van der Waals surface area contributed by atoms with Gasteiger partial charge in [-0.25, -0.2) is 0 Å². The number of rotatable bonds is 12. The summed E-state index contributed by atoms with van der Waals surface area (Å²) in [6.07, 6.45) is 6.09. The number of amides is 3. The molecule has 6 rings (SSSR count). The summed E-state index contributed by atoms with van der Waals surface area (Å²) in [6.45, 7) is -0.183. The van der Waals surface area contributed by atoms with Gasteiger partial charge in [0.25, 0.3) is 0 Å². The normalized spacial score (nSPS) is 25.9. The quantitative estimate of drug-likeness (QED) is 0.353. The van der Waals surface area contributed by atoms with Gasteiger partial charge in [0.15, 0.2) is 0 Å². The molecule has 2 atom stereocenters. The molecule has 0 spiro atoms. The van der Waals surface area contributed by atoms with Crippen LogP contribution in [-0.2, 0) is 26.6 Å². The zero-order valence-electron chi connectivity index (χ0n) is 22.8. The predicted molar refractivity (Wildman–Crippen MR) is 162 cm³/mol. The molecule has 4 saturated carbocycles. The van der Waals surface area contributed by atoms with Crippen molar-refractivity contribution >= 4 is 41.9 Å². The fourth-order valence-corrected chi connectivity index (χ4v) is 8.36. The molecular weight excluding hydrogens is 544 g/mol. The lowest BCUT2D eigenvalue weighted by Gasteiger charge is -2.58. The number of hydrogen-bond acceptors (Lipinski definition) is 5. The monoisotopic (exact) mass is 584 g/mol. The van der Waals surface area contributed by atoms with Crippen molar-refractivity contribution in [1.82, 2.24) is 10.2 Å². The second-order valence-electron chi connectivity index (χ2n) is 11.7. The maximum absolute atomic E-state index is 13.9. The van der Waals surface area contributed by atoms with Gasteiger partial charge in [-0.15, -0.1) is 12.4 Å². The van der Waals surface area contributed by atoms with Gasteiger partial charge in [0, 0.05) is 24.0 Å². The summed E-state index contributed by atoms with van der Waals surface area (Å²) in [4.78, 5) is 41.4. The zero-order chi connectivity index (χ0) is 27.4. The molecular formula is C31H41ClN4O3S. The first-order chi connectivity index (χ1) is 18.9. The lowest BCUT2D eigenvalue weighted by atomic mass is 9.53. The Morgan fingerprint density at radius 3 is 1.98 bits per heavy atom. The highest BCUT2D eigenvalue weighted by atomic mass is 35.5. The first kappa shape index (κ1) is 30.4. The average Bonchev–Trinajstić information content (AvgIpc) is 2.93. The van der Waals surface area contributed by atoms with Gasteiger partial charge >= 0.3 is 0 Å². The summed E-state index contributed by atoms with van der Waals surface area (Å²) in [7, 11) is 0. The van der Waals surface area contributed by atoms with Gasteiger partial charge in [0.1, 0.15) is 6.04 Å². The number of thioether (sulfide) groups is 1. The Labute approximate surface area is 247 Å². The molecule has 7 nitrogen and oxygen atoms in total. The first-order valence-corrected chi connectivity index (χ1v) is 15.3. The maximum Gasteiger partial charge on any atom is 0.242 e. The highest BCUT2D eigenvalue weighted by Crippen LogP contribution is 2.55. The summed E-state index contributed by atoms with van der Waals surface area (Å²) in [5, 5.41) is 2.77. The van der Waals surface area contributed by atoms with Gasteiger partial charge < -0.3 is 21.7 Å². The van der Waals surface area contributed by atoms with E-state index in [4.69, 9.17) is 11.5 Å². The average molecular weight is 585 g/mol. The third-order valence-electron chi connectivity index (χ3n) is 8.88. The molecule has 4 bridgehead atoms. The van der Waals surface area contributed by atoms with Crippen LogP contribution in [0.4, 0.5) is 0 Å². The SMILES string of the molecule is Cl.NC(=O)[C@H](Cc1ccccc1)N(C(=O)CNC(=O)[C@H](N)CSCc1ccccc1)C1C2CC3CC(C2)CC1C3. The van der Waals surface area contributed by atoms with Crippen LogP contribution in [0.15, 0.2) is 60.7 Å². The van der Waals surface area contributed by atoms with Gasteiger partial charge in [-0.1, -0.05) is 60.7 Å². The van der Waals surface area contributed by atoms with Crippen molar-refractivity contribution in [3.05, 3.63) is 71.8 Å².